The summed E-state index contributed by atoms with van der Waals surface area (Å²) < 4.78 is 0. The molecule has 0 saturated carbocycles. The average molecular weight is 284 g/mol. The monoisotopic (exact) mass is 284 g/mol. The van der Waals surface area contributed by atoms with E-state index in [1.165, 1.54) is 32.2 Å². The number of likely N-dealkylation sites (tertiary alicyclic amines) is 1. The molecular weight excluding hydrogens is 248 g/mol. The van der Waals surface area contributed by atoms with Gasteiger partial charge in [0.15, 0.2) is 0 Å². The van der Waals surface area contributed by atoms with Gasteiger partial charge in [0, 0.05) is 19.7 Å². The van der Waals surface area contributed by atoms with Crippen LogP contribution in [0.3, 0.4) is 0 Å². The molecule has 0 radical (unpaired) electrons. The van der Waals surface area contributed by atoms with Crippen LogP contribution in [-0.4, -0.2) is 49.3 Å². The maximum absolute atomic E-state index is 9.24. The largest absolute Gasteiger partial charge is 0.396 e. The zero-order valence-electron chi connectivity index (χ0n) is 14.1. The lowest BCUT2D eigenvalue weighted by atomic mass is 9.80. The summed E-state index contributed by atoms with van der Waals surface area (Å²) in [7, 11) is 0. The number of rotatable bonds is 9. The lowest BCUT2D eigenvalue weighted by Gasteiger charge is -2.40. The smallest absolute Gasteiger partial charge is 0.0460 e. The summed E-state index contributed by atoms with van der Waals surface area (Å²) in [5, 5.41) is 12.9. The lowest BCUT2D eigenvalue weighted by molar-refractivity contribution is 0.0821. The minimum Gasteiger partial charge on any atom is -0.396 e. The predicted octanol–water partition coefficient (Wildman–Crippen LogP) is 2.74. The molecule has 1 rings (SSSR count). The zero-order valence-corrected chi connectivity index (χ0v) is 14.1. The molecule has 1 saturated heterocycles. The molecule has 0 aromatic carbocycles. The van der Waals surface area contributed by atoms with E-state index >= 15 is 0 Å². The van der Waals surface area contributed by atoms with Crippen LogP contribution in [0, 0.1) is 17.3 Å². The Kier molecular flexibility index (Phi) is 8.08. The fraction of sp³-hybridized carbons (Fsp3) is 1.00. The highest BCUT2D eigenvalue weighted by molar-refractivity contribution is 4.85. The second kappa shape index (κ2) is 9.01. The first-order valence-electron chi connectivity index (χ1n) is 8.59. The van der Waals surface area contributed by atoms with Gasteiger partial charge >= 0.3 is 0 Å². The first-order chi connectivity index (χ1) is 9.55. The van der Waals surface area contributed by atoms with E-state index < -0.39 is 0 Å². The van der Waals surface area contributed by atoms with Gasteiger partial charge in [0.1, 0.15) is 0 Å². The van der Waals surface area contributed by atoms with Crippen molar-refractivity contribution in [2.24, 2.45) is 17.3 Å². The van der Waals surface area contributed by atoms with E-state index in [0.717, 1.165) is 32.1 Å². The molecule has 1 aliphatic rings. The standard InChI is InChI=1S/C17H36N2O/c1-5-17(6-2,13-18-11-15(3)4)14-19-9-7-16(12-20)8-10-19/h15-16,18,20H,5-14H2,1-4H3. The number of hydrogen-bond donors (Lipinski definition) is 2. The Bertz CT molecular complexity index is 243. The third-order valence-corrected chi connectivity index (χ3v) is 5.08. The van der Waals surface area contributed by atoms with Crippen LogP contribution in [0.4, 0.5) is 0 Å². The molecule has 0 spiro atoms. The van der Waals surface area contributed by atoms with Crippen LogP contribution in [-0.2, 0) is 0 Å². The van der Waals surface area contributed by atoms with Crippen LogP contribution in [0.2, 0.25) is 0 Å². The Labute approximate surface area is 126 Å². The Morgan fingerprint density at radius 2 is 1.80 bits per heavy atom. The minimum absolute atomic E-state index is 0.372. The van der Waals surface area contributed by atoms with E-state index in [-0.39, 0.29) is 0 Å². The average Bonchev–Trinajstić information content (AvgIpc) is 2.46. The van der Waals surface area contributed by atoms with Crippen molar-refractivity contribution < 1.29 is 5.11 Å². The Hall–Kier alpha value is -0.120. The van der Waals surface area contributed by atoms with Crippen molar-refractivity contribution in [3.05, 3.63) is 0 Å². The highest BCUT2D eigenvalue weighted by atomic mass is 16.3. The van der Waals surface area contributed by atoms with Gasteiger partial charge in [-0.15, -0.1) is 0 Å². The summed E-state index contributed by atoms with van der Waals surface area (Å²) in [6.45, 7) is 15.4. The van der Waals surface area contributed by atoms with Crippen LogP contribution in [0.25, 0.3) is 0 Å². The summed E-state index contributed by atoms with van der Waals surface area (Å²) in [5.41, 5.74) is 0.418. The van der Waals surface area contributed by atoms with Gasteiger partial charge in [-0.25, -0.2) is 0 Å². The van der Waals surface area contributed by atoms with Crippen molar-refractivity contribution in [1.82, 2.24) is 10.2 Å². The first kappa shape index (κ1) is 17.9. The van der Waals surface area contributed by atoms with Gasteiger partial charge < -0.3 is 15.3 Å². The summed E-state index contributed by atoms with van der Waals surface area (Å²) >= 11 is 0. The van der Waals surface area contributed by atoms with E-state index in [1.807, 2.05) is 0 Å². The number of piperidine rings is 1. The minimum atomic E-state index is 0.372. The summed E-state index contributed by atoms with van der Waals surface area (Å²) in [6.07, 6.45) is 4.82. The normalized spacial score (nSPS) is 18.9. The maximum Gasteiger partial charge on any atom is 0.0460 e. The molecule has 1 fully saturated rings. The Balaban J connectivity index is 2.44. The predicted molar refractivity (Wildman–Crippen MR) is 87.0 cm³/mol. The summed E-state index contributed by atoms with van der Waals surface area (Å²) in [5.74, 6) is 1.27. The van der Waals surface area contributed by atoms with E-state index in [0.29, 0.717) is 17.9 Å². The van der Waals surface area contributed by atoms with Gasteiger partial charge in [-0.3, -0.25) is 0 Å². The van der Waals surface area contributed by atoms with Crippen LogP contribution in [0.5, 0.6) is 0 Å². The number of nitrogens with zero attached hydrogens (tertiary/aromatic N) is 1. The molecule has 0 aliphatic carbocycles. The third kappa shape index (κ3) is 5.71. The SMILES string of the molecule is CCC(CC)(CNCC(C)C)CN1CCC(CO)CC1. The third-order valence-electron chi connectivity index (χ3n) is 5.08. The van der Waals surface area contributed by atoms with Gasteiger partial charge in [0.25, 0.3) is 0 Å². The molecule has 0 amide bonds. The highest BCUT2D eigenvalue weighted by Crippen LogP contribution is 2.29. The maximum atomic E-state index is 9.24. The molecule has 1 heterocycles. The van der Waals surface area contributed by atoms with Gasteiger partial charge in [0.05, 0.1) is 0 Å². The molecule has 0 bridgehead atoms. The molecular formula is C17H36N2O. The number of aliphatic hydroxyl groups excluding tert-OH is 1. The molecule has 0 atom stereocenters. The van der Waals surface area contributed by atoms with Crippen molar-refractivity contribution in [2.75, 3.05) is 39.3 Å². The molecule has 0 aromatic heterocycles. The Morgan fingerprint density at radius 1 is 1.20 bits per heavy atom. The van der Waals surface area contributed by atoms with Gasteiger partial charge in [-0.2, -0.15) is 0 Å². The molecule has 3 nitrogen and oxygen atoms in total. The molecule has 1 aliphatic heterocycles. The number of nitrogens with one attached hydrogen (secondary N) is 1. The summed E-state index contributed by atoms with van der Waals surface area (Å²) in [6, 6.07) is 0. The molecule has 3 heteroatoms. The van der Waals surface area contributed by atoms with Crippen molar-refractivity contribution in [1.29, 1.82) is 0 Å². The quantitative estimate of drug-likeness (QED) is 0.683. The topological polar surface area (TPSA) is 35.5 Å². The van der Waals surface area contributed by atoms with E-state index in [2.05, 4.69) is 37.9 Å². The van der Waals surface area contributed by atoms with Gasteiger partial charge in [0.2, 0.25) is 0 Å². The molecule has 120 valence electrons. The van der Waals surface area contributed by atoms with Gasteiger partial charge in [-0.1, -0.05) is 27.7 Å². The zero-order chi connectivity index (χ0) is 15.0. The number of aliphatic hydroxyl groups is 1. The van der Waals surface area contributed by atoms with Crippen LogP contribution < -0.4 is 5.32 Å². The van der Waals surface area contributed by atoms with Gasteiger partial charge in [-0.05, 0) is 62.6 Å². The number of hydrogen-bond acceptors (Lipinski definition) is 3. The fourth-order valence-corrected chi connectivity index (χ4v) is 3.21. The van der Waals surface area contributed by atoms with Crippen molar-refractivity contribution >= 4 is 0 Å². The van der Waals surface area contributed by atoms with E-state index in [9.17, 15) is 5.11 Å². The summed E-state index contributed by atoms with van der Waals surface area (Å²) in [4.78, 5) is 2.62. The van der Waals surface area contributed by atoms with Crippen LogP contribution >= 0.6 is 0 Å². The Morgan fingerprint density at radius 3 is 2.25 bits per heavy atom. The van der Waals surface area contributed by atoms with E-state index in [1.54, 1.807) is 0 Å². The van der Waals surface area contributed by atoms with Crippen molar-refractivity contribution in [3.8, 4) is 0 Å². The first-order valence-corrected chi connectivity index (χ1v) is 8.59. The molecule has 20 heavy (non-hydrogen) atoms. The lowest BCUT2D eigenvalue weighted by Crippen LogP contribution is -2.46. The fourth-order valence-electron chi connectivity index (χ4n) is 3.21. The van der Waals surface area contributed by atoms with Crippen molar-refractivity contribution in [2.45, 2.75) is 53.4 Å². The van der Waals surface area contributed by atoms with Crippen LogP contribution in [0.1, 0.15) is 53.4 Å². The molecule has 0 aromatic rings. The second-order valence-electron chi connectivity index (χ2n) is 7.13. The molecule has 0 unspecified atom stereocenters. The van der Waals surface area contributed by atoms with E-state index in [4.69, 9.17) is 0 Å². The van der Waals surface area contributed by atoms with Crippen molar-refractivity contribution in [3.63, 3.8) is 0 Å². The highest BCUT2D eigenvalue weighted by Gasteiger charge is 2.30. The van der Waals surface area contributed by atoms with Crippen LogP contribution in [0.15, 0.2) is 0 Å². The second-order valence-corrected chi connectivity index (χ2v) is 7.13. The molecule has 2 N–H and O–H groups in total.